The maximum atomic E-state index is 11.9. The highest BCUT2D eigenvalue weighted by atomic mass is 35.5. The van der Waals surface area contributed by atoms with Gasteiger partial charge in [-0.25, -0.2) is 13.6 Å². The Labute approximate surface area is 130 Å². The smallest absolute Gasteiger partial charge is 0.253 e. The lowest BCUT2D eigenvalue weighted by molar-refractivity contribution is 0.0951. The molecule has 0 unspecified atom stereocenters. The van der Waals surface area contributed by atoms with E-state index >= 15 is 0 Å². The largest absolute Gasteiger partial charge is 0.508 e. The summed E-state index contributed by atoms with van der Waals surface area (Å²) in [5.74, 6) is -0.543. The molecule has 0 spiro atoms. The van der Waals surface area contributed by atoms with Crippen molar-refractivity contribution in [3.8, 4) is 5.75 Å². The summed E-state index contributed by atoms with van der Waals surface area (Å²) in [5, 5.41) is 17.1. The maximum Gasteiger partial charge on any atom is 0.253 e. The van der Waals surface area contributed by atoms with Crippen molar-refractivity contribution in [2.45, 2.75) is 10.8 Å². The van der Waals surface area contributed by atoms with Crippen LogP contribution in [0.5, 0.6) is 5.75 Å². The van der Waals surface area contributed by atoms with Crippen LogP contribution in [0.1, 0.15) is 15.2 Å². The van der Waals surface area contributed by atoms with E-state index in [-0.39, 0.29) is 27.1 Å². The van der Waals surface area contributed by atoms with E-state index in [4.69, 9.17) is 16.7 Å². The van der Waals surface area contributed by atoms with Gasteiger partial charge in [-0.2, -0.15) is 0 Å². The van der Waals surface area contributed by atoms with E-state index in [0.717, 1.165) is 11.3 Å². The topological polar surface area (TPSA) is 109 Å². The number of amides is 1. The third-order valence-corrected chi connectivity index (χ3v) is 5.39. The quantitative estimate of drug-likeness (QED) is 0.782. The van der Waals surface area contributed by atoms with Crippen LogP contribution in [0.15, 0.2) is 34.5 Å². The number of phenols is 1. The molecule has 0 aliphatic carbocycles. The molecule has 0 atom stereocenters. The number of nitrogens with one attached hydrogen (secondary N) is 1. The number of benzene rings is 1. The van der Waals surface area contributed by atoms with Crippen LogP contribution in [0.4, 0.5) is 0 Å². The zero-order valence-electron chi connectivity index (χ0n) is 10.5. The van der Waals surface area contributed by atoms with Gasteiger partial charge in [-0.15, -0.1) is 11.3 Å². The summed E-state index contributed by atoms with van der Waals surface area (Å²) in [6.07, 6.45) is 0. The van der Waals surface area contributed by atoms with Crippen LogP contribution < -0.4 is 10.5 Å². The van der Waals surface area contributed by atoms with Crippen LogP contribution >= 0.6 is 22.9 Å². The predicted molar refractivity (Wildman–Crippen MR) is 80.0 cm³/mol. The molecule has 4 N–H and O–H groups in total. The molecule has 0 saturated carbocycles. The molecule has 9 heteroatoms. The second kappa shape index (κ2) is 6.02. The van der Waals surface area contributed by atoms with E-state index in [1.807, 2.05) is 0 Å². The molecular weight excluding hydrogens is 336 g/mol. The molecule has 112 valence electrons. The Kier molecular flexibility index (Phi) is 4.52. The molecule has 0 radical (unpaired) electrons. The number of hydrogen-bond donors (Lipinski definition) is 3. The summed E-state index contributed by atoms with van der Waals surface area (Å²) in [7, 11) is -3.73. The van der Waals surface area contributed by atoms with Crippen LogP contribution in [0.3, 0.4) is 0 Å². The Bertz CT molecular complexity index is 786. The maximum absolute atomic E-state index is 11.9. The lowest BCUT2D eigenvalue weighted by Gasteiger charge is -2.06. The van der Waals surface area contributed by atoms with Gasteiger partial charge in [0, 0.05) is 4.88 Å². The minimum atomic E-state index is -3.73. The molecule has 0 saturated heterocycles. The number of halogens is 1. The second-order valence-corrected chi connectivity index (χ2v) is 7.48. The van der Waals surface area contributed by atoms with Crippen molar-refractivity contribution in [3.63, 3.8) is 0 Å². The summed E-state index contributed by atoms with van der Waals surface area (Å²) >= 11 is 6.85. The molecule has 0 fully saturated rings. The van der Waals surface area contributed by atoms with Crippen LogP contribution in [-0.4, -0.2) is 19.4 Å². The van der Waals surface area contributed by atoms with Crippen molar-refractivity contribution in [2.24, 2.45) is 5.14 Å². The fourth-order valence-electron chi connectivity index (χ4n) is 1.56. The highest BCUT2D eigenvalue weighted by Gasteiger charge is 2.14. The zero-order chi connectivity index (χ0) is 15.6. The van der Waals surface area contributed by atoms with Crippen LogP contribution in [-0.2, 0) is 16.6 Å². The fourth-order valence-corrected chi connectivity index (χ4v) is 3.48. The van der Waals surface area contributed by atoms with Crippen LogP contribution in [0, 0.1) is 0 Å². The zero-order valence-corrected chi connectivity index (χ0v) is 12.9. The van der Waals surface area contributed by atoms with E-state index in [1.54, 1.807) is 6.07 Å². The van der Waals surface area contributed by atoms with Gasteiger partial charge in [-0.3, -0.25) is 4.79 Å². The molecule has 2 rings (SSSR count). The molecule has 1 heterocycles. The molecule has 0 bridgehead atoms. The van der Waals surface area contributed by atoms with Crippen LogP contribution in [0.25, 0.3) is 0 Å². The number of carbonyl (C=O) groups excluding carboxylic acids is 1. The number of nitrogens with two attached hydrogens (primary N) is 1. The molecule has 6 nitrogen and oxygen atoms in total. The first kappa shape index (κ1) is 15.8. The number of aromatic hydroxyl groups is 1. The molecular formula is C12H11ClN2O4S2. The second-order valence-electron chi connectivity index (χ2n) is 4.11. The first-order chi connectivity index (χ1) is 9.77. The van der Waals surface area contributed by atoms with E-state index < -0.39 is 15.9 Å². The Hall–Kier alpha value is -1.61. The van der Waals surface area contributed by atoms with E-state index in [1.165, 1.54) is 24.3 Å². The summed E-state index contributed by atoms with van der Waals surface area (Å²) in [6, 6.07) is 6.98. The lowest BCUT2D eigenvalue weighted by Crippen LogP contribution is -2.22. The van der Waals surface area contributed by atoms with E-state index in [2.05, 4.69) is 5.32 Å². The first-order valence-corrected chi connectivity index (χ1v) is 8.39. The number of sulfonamides is 1. The molecule has 0 aliphatic heterocycles. The van der Waals surface area contributed by atoms with E-state index in [9.17, 15) is 18.3 Å². The monoisotopic (exact) mass is 346 g/mol. The van der Waals surface area contributed by atoms with Crippen molar-refractivity contribution in [3.05, 3.63) is 45.8 Å². The normalized spacial score (nSPS) is 11.3. The fraction of sp³-hybridized carbons (Fsp3) is 0.0833. The van der Waals surface area contributed by atoms with Gasteiger partial charge in [-0.1, -0.05) is 11.6 Å². The number of primary sulfonamides is 1. The molecule has 1 aromatic heterocycles. The average Bonchev–Trinajstić information content (AvgIpc) is 2.87. The molecule has 21 heavy (non-hydrogen) atoms. The summed E-state index contributed by atoms with van der Waals surface area (Å²) in [5.41, 5.74) is 0.139. The highest BCUT2D eigenvalue weighted by Crippen LogP contribution is 2.22. The highest BCUT2D eigenvalue weighted by molar-refractivity contribution is 7.91. The predicted octanol–water partition coefficient (Wildman–Crippen LogP) is 1.68. The molecule has 0 aliphatic rings. The van der Waals surface area contributed by atoms with Gasteiger partial charge >= 0.3 is 0 Å². The van der Waals surface area contributed by atoms with Crippen molar-refractivity contribution < 1.29 is 18.3 Å². The molecule has 1 aromatic carbocycles. The Morgan fingerprint density at radius 1 is 1.33 bits per heavy atom. The first-order valence-electron chi connectivity index (χ1n) is 5.65. The van der Waals surface area contributed by atoms with Gasteiger partial charge in [0.05, 0.1) is 17.1 Å². The van der Waals surface area contributed by atoms with Gasteiger partial charge in [0.15, 0.2) is 0 Å². The van der Waals surface area contributed by atoms with Gasteiger partial charge in [-0.05, 0) is 30.3 Å². The van der Waals surface area contributed by atoms with Gasteiger partial charge in [0.2, 0.25) is 10.0 Å². The number of hydrogen-bond acceptors (Lipinski definition) is 5. The summed E-state index contributed by atoms with van der Waals surface area (Å²) in [6.45, 7) is 0.130. The standard InChI is InChI=1S/C12H11ClN2O4S2/c13-10-3-1-7(16)5-9(10)12(17)15-6-8-2-4-11(20-8)21(14,18)19/h1-5,16H,6H2,(H,15,17)(H2,14,18,19). The SMILES string of the molecule is NS(=O)(=O)c1ccc(CNC(=O)c2cc(O)ccc2Cl)s1. The summed E-state index contributed by atoms with van der Waals surface area (Å²) in [4.78, 5) is 12.6. The van der Waals surface area contributed by atoms with Crippen molar-refractivity contribution in [2.75, 3.05) is 0 Å². The van der Waals surface area contributed by atoms with E-state index in [0.29, 0.717) is 4.88 Å². The third kappa shape index (κ3) is 3.94. The van der Waals surface area contributed by atoms with Gasteiger partial charge in [0.25, 0.3) is 5.91 Å². The minimum absolute atomic E-state index is 0.0298. The number of rotatable bonds is 4. The van der Waals surface area contributed by atoms with Crippen molar-refractivity contribution in [1.82, 2.24) is 5.32 Å². The van der Waals surface area contributed by atoms with Crippen LogP contribution in [0.2, 0.25) is 5.02 Å². The third-order valence-electron chi connectivity index (χ3n) is 2.54. The van der Waals surface area contributed by atoms with Gasteiger partial charge < -0.3 is 10.4 Å². The van der Waals surface area contributed by atoms with Gasteiger partial charge in [0.1, 0.15) is 9.96 Å². The molecule has 1 amide bonds. The Morgan fingerprint density at radius 2 is 2.05 bits per heavy atom. The lowest BCUT2D eigenvalue weighted by atomic mass is 10.2. The molecule has 2 aromatic rings. The number of carbonyl (C=O) groups is 1. The number of phenolic OH excluding ortho intramolecular Hbond substituents is 1. The average molecular weight is 347 g/mol. The minimum Gasteiger partial charge on any atom is -0.508 e. The number of thiophene rings is 1. The van der Waals surface area contributed by atoms with Crippen molar-refractivity contribution >= 4 is 38.9 Å². The Balaban J connectivity index is 2.08. The Morgan fingerprint density at radius 3 is 2.67 bits per heavy atom. The van der Waals surface area contributed by atoms with Crippen molar-refractivity contribution in [1.29, 1.82) is 0 Å². The summed E-state index contributed by atoms with van der Waals surface area (Å²) < 4.78 is 22.3.